The molecule has 1 amide bonds. The summed E-state index contributed by atoms with van der Waals surface area (Å²) >= 11 is 0. The molecule has 3 rings (SSSR count). The molecule has 1 aliphatic carbocycles. The molecule has 1 heterocycles. The highest BCUT2D eigenvalue weighted by Crippen LogP contribution is 2.44. The molecule has 0 spiro atoms. The Labute approximate surface area is 129 Å². The zero-order valence-corrected chi connectivity index (χ0v) is 12.7. The van der Waals surface area contributed by atoms with Gasteiger partial charge in [-0.1, -0.05) is 12.1 Å². The second-order valence-electron chi connectivity index (χ2n) is 6.29. The molecule has 5 heteroatoms. The van der Waals surface area contributed by atoms with Crippen molar-refractivity contribution in [2.45, 2.75) is 19.4 Å². The van der Waals surface area contributed by atoms with Crippen LogP contribution in [0.5, 0.6) is 0 Å². The standard InChI is InChI=1S/C17H21NO4/c1-22-10-11-3-2-4-13(7-11)16(19)18-8-14(12-5-6-12)15(9-18)17(20)21/h2-4,7,12,14-15H,5-6,8-10H2,1H3,(H,20,21)/t14-,15+/m1/s1. The number of hydrogen-bond donors (Lipinski definition) is 1. The summed E-state index contributed by atoms with van der Waals surface area (Å²) < 4.78 is 5.09. The molecular formula is C17H21NO4. The molecule has 1 saturated heterocycles. The van der Waals surface area contributed by atoms with E-state index in [-0.39, 0.29) is 11.8 Å². The molecule has 2 atom stereocenters. The molecule has 0 bridgehead atoms. The molecule has 1 N–H and O–H groups in total. The second-order valence-corrected chi connectivity index (χ2v) is 6.29. The fourth-order valence-corrected chi connectivity index (χ4v) is 3.40. The van der Waals surface area contributed by atoms with Crippen molar-refractivity contribution >= 4 is 11.9 Å². The first kappa shape index (κ1) is 15.0. The van der Waals surface area contributed by atoms with Crippen LogP contribution < -0.4 is 0 Å². The molecule has 0 unspecified atom stereocenters. The Morgan fingerprint density at radius 1 is 1.32 bits per heavy atom. The number of carboxylic acid groups (broad SMARTS) is 1. The maximum absolute atomic E-state index is 12.7. The average Bonchev–Trinajstić information content (AvgIpc) is 3.25. The predicted molar refractivity (Wildman–Crippen MR) is 80.4 cm³/mol. The predicted octanol–water partition coefficient (Wildman–Crippen LogP) is 2.02. The average molecular weight is 303 g/mol. The summed E-state index contributed by atoms with van der Waals surface area (Å²) in [6.45, 7) is 1.35. The lowest BCUT2D eigenvalue weighted by Crippen LogP contribution is -2.30. The van der Waals surface area contributed by atoms with Gasteiger partial charge in [0.25, 0.3) is 5.91 Å². The number of rotatable bonds is 5. The number of amides is 1. The van der Waals surface area contributed by atoms with Crippen LogP contribution in [0.1, 0.15) is 28.8 Å². The Balaban J connectivity index is 1.75. The van der Waals surface area contributed by atoms with Crippen LogP contribution in [0.3, 0.4) is 0 Å². The van der Waals surface area contributed by atoms with E-state index in [1.807, 2.05) is 18.2 Å². The van der Waals surface area contributed by atoms with Gasteiger partial charge in [-0.3, -0.25) is 9.59 Å². The zero-order chi connectivity index (χ0) is 15.7. The van der Waals surface area contributed by atoms with Crippen molar-refractivity contribution in [3.8, 4) is 0 Å². The smallest absolute Gasteiger partial charge is 0.308 e. The molecule has 5 nitrogen and oxygen atoms in total. The fourth-order valence-electron chi connectivity index (χ4n) is 3.40. The maximum atomic E-state index is 12.7. The number of carbonyl (C=O) groups excluding carboxylic acids is 1. The van der Waals surface area contributed by atoms with Crippen LogP contribution in [-0.4, -0.2) is 42.1 Å². The van der Waals surface area contributed by atoms with E-state index >= 15 is 0 Å². The van der Waals surface area contributed by atoms with Crippen LogP contribution in [0.4, 0.5) is 0 Å². The molecule has 1 aromatic rings. The summed E-state index contributed by atoms with van der Waals surface area (Å²) in [5, 5.41) is 9.39. The second kappa shape index (κ2) is 6.08. The fraction of sp³-hybridized carbons (Fsp3) is 0.529. The van der Waals surface area contributed by atoms with Crippen molar-refractivity contribution in [1.82, 2.24) is 4.90 Å². The van der Waals surface area contributed by atoms with Gasteiger partial charge in [0.05, 0.1) is 12.5 Å². The number of carbonyl (C=O) groups is 2. The Bertz CT molecular complexity index is 582. The third-order valence-electron chi connectivity index (χ3n) is 4.68. The lowest BCUT2D eigenvalue weighted by Gasteiger charge is -2.16. The number of benzene rings is 1. The Morgan fingerprint density at radius 3 is 2.73 bits per heavy atom. The van der Waals surface area contributed by atoms with Gasteiger partial charge in [0.15, 0.2) is 0 Å². The summed E-state index contributed by atoms with van der Waals surface area (Å²) in [4.78, 5) is 25.8. The van der Waals surface area contributed by atoms with Crippen LogP contribution in [0.25, 0.3) is 0 Å². The van der Waals surface area contributed by atoms with E-state index in [1.54, 1.807) is 18.1 Å². The van der Waals surface area contributed by atoms with Crippen LogP contribution >= 0.6 is 0 Å². The highest BCUT2D eigenvalue weighted by molar-refractivity contribution is 5.95. The third kappa shape index (κ3) is 2.99. The third-order valence-corrected chi connectivity index (χ3v) is 4.68. The maximum Gasteiger partial charge on any atom is 0.308 e. The van der Waals surface area contributed by atoms with E-state index in [0.29, 0.717) is 31.2 Å². The molecule has 118 valence electrons. The molecule has 0 aromatic heterocycles. The van der Waals surface area contributed by atoms with Gasteiger partial charge in [0.1, 0.15) is 0 Å². The summed E-state index contributed by atoms with van der Waals surface area (Å²) in [5.74, 6) is -0.673. The van der Waals surface area contributed by atoms with E-state index in [0.717, 1.165) is 18.4 Å². The highest BCUT2D eigenvalue weighted by atomic mass is 16.5. The number of nitrogens with zero attached hydrogens (tertiary/aromatic N) is 1. The number of likely N-dealkylation sites (tertiary alicyclic amines) is 1. The van der Waals surface area contributed by atoms with Crippen LogP contribution in [0, 0.1) is 17.8 Å². The molecule has 1 aliphatic heterocycles. The van der Waals surface area contributed by atoms with E-state index in [9.17, 15) is 14.7 Å². The van der Waals surface area contributed by atoms with Gasteiger partial charge >= 0.3 is 5.97 Å². The van der Waals surface area contributed by atoms with Crippen molar-refractivity contribution in [3.05, 3.63) is 35.4 Å². The van der Waals surface area contributed by atoms with Crippen molar-refractivity contribution < 1.29 is 19.4 Å². The lowest BCUT2D eigenvalue weighted by atomic mass is 9.92. The molecule has 0 radical (unpaired) electrons. The number of methoxy groups -OCH3 is 1. The van der Waals surface area contributed by atoms with Crippen LogP contribution in [0.15, 0.2) is 24.3 Å². The molecule has 2 aliphatic rings. The Kier molecular flexibility index (Phi) is 4.16. The summed E-state index contributed by atoms with van der Waals surface area (Å²) in [5.41, 5.74) is 1.55. The Hall–Kier alpha value is -1.88. The molecular weight excluding hydrogens is 282 g/mol. The van der Waals surface area contributed by atoms with Crippen molar-refractivity contribution in [1.29, 1.82) is 0 Å². The van der Waals surface area contributed by atoms with E-state index < -0.39 is 11.9 Å². The SMILES string of the molecule is COCc1cccc(C(=O)N2C[C@H](C(=O)O)[C@@H](C3CC3)C2)c1. The largest absolute Gasteiger partial charge is 0.481 e. The topological polar surface area (TPSA) is 66.8 Å². The lowest BCUT2D eigenvalue weighted by molar-refractivity contribution is -0.142. The number of aliphatic carboxylic acids is 1. The minimum absolute atomic E-state index is 0.0765. The zero-order valence-electron chi connectivity index (χ0n) is 12.7. The molecule has 1 aromatic carbocycles. The monoisotopic (exact) mass is 303 g/mol. The van der Waals surface area contributed by atoms with Crippen LogP contribution in [-0.2, 0) is 16.1 Å². The van der Waals surface area contributed by atoms with E-state index in [1.165, 1.54) is 0 Å². The van der Waals surface area contributed by atoms with Crippen molar-refractivity contribution in [2.75, 3.05) is 20.2 Å². The van der Waals surface area contributed by atoms with Gasteiger partial charge < -0.3 is 14.7 Å². The summed E-state index contributed by atoms with van der Waals surface area (Å²) in [6.07, 6.45) is 2.19. The number of carboxylic acids is 1. The number of hydrogen-bond acceptors (Lipinski definition) is 3. The minimum atomic E-state index is -0.777. The van der Waals surface area contributed by atoms with Gasteiger partial charge in [-0.25, -0.2) is 0 Å². The molecule has 2 fully saturated rings. The van der Waals surface area contributed by atoms with Crippen LogP contribution in [0.2, 0.25) is 0 Å². The first-order valence-corrected chi connectivity index (χ1v) is 7.70. The van der Waals surface area contributed by atoms with E-state index in [2.05, 4.69) is 0 Å². The Morgan fingerprint density at radius 2 is 2.09 bits per heavy atom. The quantitative estimate of drug-likeness (QED) is 0.903. The highest BCUT2D eigenvalue weighted by Gasteiger charge is 2.46. The molecule has 22 heavy (non-hydrogen) atoms. The minimum Gasteiger partial charge on any atom is -0.481 e. The first-order valence-electron chi connectivity index (χ1n) is 7.70. The van der Waals surface area contributed by atoms with Gasteiger partial charge in [-0.15, -0.1) is 0 Å². The molecule has 1 saturated carbocycles. The summed E-state index contributed by atoms with van der Waals surface area (Å²) in [7, 11) is 1.62. The number of ether oxygens (including phenoxy) is 1. The van der Waals surface area contributed by atoms with Crippen molar-refractivity contribution in [2.24, 2.45) is 17.8 Å². The van der Waals surface area contributed by atoms with E-state index in [4.69, 9.17) is 4.74 Å². The first-order chi connectivity index (χ1) is 10.6. The van der Waals surface area contributed by atoms with Gasteiger partial charge in [-0.2, -0.15) is 0 Å². The normalized spacial score (nSPS) is 24.5. The van der Waals surface area contributed by atoms with Crippen molar-refractivity contribution in [3.63, 3.8) is 0 Å². The summed E-state index contributed by atoms with van der Waals surface area (Å²) in [6, 6.07) is 7.36. The van der Waals surface area contributed by atoms with Gasteiger partial charge in [-0.05, 0) is 42.4 Å². The van der Waals surface area contributed by atoms with Gasteiger partial charge in [0.2, 0.25) is 0 Å². The van der Waals surface area contributed by atoms with Gasteiger partial charge in [0, 0.05) is 25.8 Å².